The first kappa shape index (κ1) is 23.0. The van der Waals surface area contributed by atoms with Crippen molar-refractivity contribution < 1.29 is 39.9 Å². The number of Topliss-reactive ketones (excluding diaryl/α,β-unsaturated/α-hetero) is 3. The van der Waals surface area contributed by atoms with Gasteiger partial charge in [0.1, 0.15) is 17.1 Å². The van der Waals surface area contributed by atoms with E-state index in [1.165, 1.54) is 31.1 Å². The van der Waals surface area contributed by atoms with E-state index >= 15 is 0 Å². The third kappa shape index (κ3) is 2.69. The number of phenolic OH excluding ortho intramolecular Hbond substituents is 1. The summed E-state index contributed by atoms with van der Waals surface area (Å²) in [5.74, 6) is -9.28. The van der Waals surface area contributed by atoms with E-state index in [1.54, 1.807) is 0 Å². The van der Waals surface area contributed by atoms with Gasteiger partial charge in [0.15, 0.2) is 17.3 Å². The van der Waals surface area contributed by atoms with Crippen LogP contribution >= 0.6 is 11.6 Å². The summed E-state index contributed by atoms with van der Waals surface area (Å²) in [5, 5.41) is 54.0. The summed E-state index contributed by atoms with van der Waals surface area (Å²) in [6.45, 7) is 3.89. The molecule has 0 radical (unpaired) electrons. The second-order valence-electron chi connectivity index (χ2n) is 8.56. The van der Waals surface area contributed by atoms with Crippen LogP contribution in [0.1, 0.15) is 11.1 Å². The molecule has 11 heteroatoms. The van der Waals surface area contributed by atoms with Gasteiger partial charge < -0.3 is 31.3 Å². The molecule has 0 saturated heterocycles. The van der Waals surface area contributed by atoms with Crippen LogP contribution in [-0.2, 0) is 14.4 Å². The quantitative estimate of drug-likeness (QED) is 0.140. The molecule has 2 fully saturated rings. The van der Waals surface area contributed by atoms with Crippen molar-refractivity contribution in [3.8, 4) is 5.75 Å². The molecule has 4 rings (SSSR count). The fraction of sp³-hybridized carbons (Fsp3) is 0.318. The number of hydrogen-bond donors (Lipinski definition) is 6. The van der Waals surface area contributed by atoms with Crippen LogP contribution in [0, 0.1) is 11.8 Å². The van der Waals surface area contributed by atoms with Crippen LogP contribution in [0.15, 0.2) is 35.7 Å². The Morgan fingerprint density at radius 2 is 1.76 bits per heavy atom. The maximum absolute atomic E-state index is 13.6. The van der Waals surface area contributed by atoms with E-state index in [1.807, 2.05) is 0 Å². The van der Waals surface area contributed by atoms with Gasteiger partial charge in [0.2, 0.25) is 11.6 Å². The van der Waals surface area contributed by atoms with Gasteiger partial charge in [0, 0.05) is 16.5 Å². The maximum Gasteiger partial charge on any atom is 0.211 e. The molecule has 3 aliphatic rings. The van der Waals surface area contributed by atoms with E-state index in [-0.39, 0.29) is 21.7 Å². The minimum absolute atomic E-state index is 0.0435. The molecular formula is C22H21ClN2O8. The van der Waals surface area contributed by atoms with Crippen molar-refractivity contribution in [2.45, 2.75) is 17.7 Å². The average molecular weight is 477 g/mol. The third-order valence-electron chi connectivity index (χ3n) is 6.66. The van der Waals surface area contributed by atoms with Crippen molar-refractivity contribution in [2.75, 3.05) is 14.1 Å². The van der Waals surface area contributed by atoms with E-state index in [4.69, 9.17) is 17.3 Å². The van der Waals surface area contributed by atoms with E-state index in [0.29, 0.717) is 0 Å². The number of aliphatic hydroxyl groups is 4. The number of likely N-dealkylation sites (N-methyl/N-ethyl adjacent to an activating group) is 1. The maximum atomic E-state index is 13.6. The van der Waals surface area contributed by atoms with Crippen LogP contribution in [0.5, 0.6) is 5.75 Å². The Bertz CT molecular complexity index is 1230. The van der Waals surface area contributed by atoms with Gasteiger partial charge in [-0.25, -0.2) is 0 Å². The fourth-order valence-corrected chi connectivity index (χ4v) is 5.53. The summed E-state index contributed by atoms with van der Waals surface area (Å²) in [6, 6.07) is 1.07. The molecule has 5 atom stereocenters. The largest absolute Gasteiger partial charge is 0.507 e. The van der Waals surface area contributed by atoms with Gasteiger partial charge in [-0.3, -0.25) is 19.3 Å². The SMILES string of the molecule is C=C1c2c(Cl)ccc(O)c2C(O)=C2C(=O)C3(O)C(=O)C(=C(N)O)C(=O)C(N(C)C)C3C(O)C12. The molecule has 0 amide bonds. The van der Waals surface area contributed by atoms with Gasteiger partial charge in [-0.2, -0.15) is 0 Å². The van der Waals surface area contributed by atoms with Gasteiger partial charge >= 0.3 is 0 Å². The Morgan fingerprint density at radius 3 is 2.30 bits per heavy atom. The number of phenols is 1. The average Bonchev–Trinajstić information content (AvgIpc) is 2.72. The van der Waals surface area contributed by atoms with Crippen molar-refractivity contribution in [2.24, 2.45) is 17.6 Å². The van der Waals surface area contributed by atoms with Gasteiger partial charge in [-0.15, -0.1) is 0 Å². The predicted octanol–water partition coefficient (Wildman–Crippen LogP) is 0.0589. The normalized spacial score (nSPS) is 33.2. The number of aromatic hydroxyl groups is 1. The van der Waals surface area contributed by atoms with E-state index in [9.17, 15) is 39.9 Å². The van der Waals surface area contributed by atoms with Crippen molar-refractivity contribution >= 4 is 40.3 Å². The van der Waals surface area contributed by atoms with Gasteiger partial charge in [-0.1, -0.05) is 18.2 Å². The molecule has 10 nitrogen and oxygen atoms in total. The highest BCUT2D eigenvalue weighted by atomic mass is 35.5. The number of ketones is 3. The molecule has 5 unspecified atom stereocenters. The molecule has 0 aromatic heterocycles. The summed E-state index contributed by atoms with van der Waals surface area (Å²) < 4.78 is 0. The van der Waals surface area contributed by atoms with Crippen LogP contribution in [0.3, 0.4) is 0 Å². The Hall–Kier alpha value is -3.18. The molecule has 7 N–H and O–H groups in total. The lowest BCUT2D eigenvalue weighted by atomic mass is 9.54. The molecule has 2 saturated carbocycles. The monoisotopic (exact) mass is 476 g/mol. The summed E-state index contributed by atoms with van der Waals surface area (Å²) in [4.78, 5) is 41.1. The number of rotatable bonds is 1. The molecule has 0 aliphatic heterocycles. The topological polar surface area (TPSA) is 182 Å². The molecule has 0 bridgehead atoms. The summed E-state index contributed by atoms with van der Waals surface area (Å²) in [7, 11) is 2.84. The van der Waals surface area contributed by atoms with Crippen molar-refractivity contribution in [1.82, 2.24) is 4.90 Å². The Labute approximate surface area is 192 Å². The zero-order valence-electron chi connectivity index (χ0n) is 17.5. The molecular weight excluding hydrogens is 456 g/mol. The standard InChI is InChI=1S/C22H21ClN2O8/c1-6-9-7(23)4-5-8(26)11(9)16(27)12-10(6)17(28)14-15(25(2)3)18(29)13(21(24)32)20(31)22(14,33)19(12)30/h4-5,10,14-15,17,26-28,32-33H,1,24H2,2-3H3. The number of halogens is 1. The highest BCUT2D eigenvalue weighted by molar-refractivity contribution is 6.37. The van der Waals surface area contributed by atoms with Crippen LogP contribution in [-0.4, -0.2) is 79.6 Å². The first-order valence-corrected chi connectivity index (χ1v) is 10.2. The van der Waals surface area contributed by atoms with E-state index in [0.717, 1.165) is 0 Å². The minimum Gasteiger partial charge on any atom is -0.507 e. The summed E-state index contributed by atoms with van der Waals surface area (Å²) in [6.07, 6.45) is -1.77. The van der Waals surface area contributed by atoms with Crippen molar-refractivity contribution in [3.05, 3.63) is 51.9 Å². The lowest BCUT2D eigenvalue weighted by Gasteiger charge is -2.52. The summed E-state index contributed by atoms with van der Waals surface area (Å²) in [5.41, 5.74) is 0.593. The Balaban J connectivity index is 2.07. The van der Waals surface area contributed by atoms with Crippen LogP contribution in [0.2, 0.25) is 5.02 Å². The lowest BCUT2D eigenvalue weighted by Crippen LogP contribution is -2.73. The fourth-order valence-electron chi connectivity index (χ4n) is 5.25. The molecule has 1 aromatic rings. The van der Waals surface area contributed by atoms with E-state index in [2.05, 4.69) is 6.58 Å². The lowest BCUT2D eigenvalue weighted by molar-refractivity contribution is -0.175. The highest BCUT2D eigenvalue weighted by Crippen LogP contribution is 2.55. The number of aliphatic hydroxyl groups excluding tert-OH is 3. The summed E-state index contributed by atoms with van der Waals surface area (Å²) >= 11 is 6.25. The molecule has 0 heterocycles. The third-order valence-corrected chi connectivity index (χ3v) is 6.97. The second-order valence-corrected chi connectivity index (χ2v) is 8.96. The minimum atomic E-state index is -3.04. The van der Waals surface area contributed by atoms with Gasteiger partial charge in [0.25, 0.3) is 0 Å². The molecule has 0 spiro atoms. The highest BCUT2D eigenvalue weighted by Gasteiger charge is 2.69. The molecule has 3 aliphatic carbocycles. The number of fused-ring (bicyclic) bond motifs is 3. The van der Waals surface area contributed by atoms with Crippen LogP contribution in [0.25, 0.3) is 11.3 Å². The van der Waals surface area contributed by atoms with Gasteiger partial charge in [-0.05, 0) is 31.8 Å². The Morgan fingerprint density at radius 1 is 1.15 bits per heavy atom. The van der Waals surface area contributed by atoms with Gasteiger partial charge in [0.05, 0.1) is 29.2 Å². The smallest absolute Gasteiger partial charge is 0.211 e. The number of carbonyl (C=O) groups is 3. The number of hydrogen-bond acceptors (Lipinski definition) is 10. The molecule has 33 heavy (non-hydrogen) atoms. The number of benzene rings is 1. The predicted molar refractivity (Wildman–Crippen MR) is 116 cm³/mol. The molecule has 174 valence electrons. The van der Waals surface area contributed by atoms with Crippen LogP contribution in [0.4, 0.5) is 0 Å². The number of carbonyl (C=O) groups excluding carboxylic acids is 3. The van der Waals surface area contributed by atoms with Crippen LogP contribution < -0.4 is 5.73 Å². The first-order chi connectivity index (χ1) is 15.3. The second kappa shape index (κ2) is 7.16. The Kier molecular flexibility index (Phi) is 4.99. The molecule has 1 aromatic carbocycles. The zero-order valence-corrected chi connectivity index (χ0v) is 18.3. The zero-order chi connectivity index (χ0) is 24.7. The number of nitrogens with two attached hydrogens (primary N) is 1. The van der Waals surface area contributed by atoms with E-state index < -0.39 is 75.5 Å². The van der Waals surface area contributed by atoms with Crippen molar-refractivity contribution in [1.29, 1.82) is 0 Å². The first-order valence-electron chi connectivity index (χ1n) is 9.81. The number of nitrogens with zero attached hydrogens (tertiary/aromatic N) is 1. The van der Waals surface area contributed by atoms with Crippen molar-refractivity contribution in [3.63, 3.8) is 0 Å².